The first-order chi connectivity index (χ1) is 6.88. The minimum absolute atomic E-state index is 0.461. The molecule has 0 unspecified atom stereocenters. The van der Waals surface area contributed by atoms with Crippen LogP contribution in [0.3, 0.4) is 0 Å². The molecular weight excluding hydrogens is 192 g/mol. The van der Waals surface area contributed by atoms with Gasteiger partial charge < -0.3 is 4.74 Å². The topological polar surface area (TPSA) is 9.23 Å². The lowest BCUT2D eigenvalue weighted by Crippen LogP contribution is -1.91. The Morgan fingerprint density at radius 2 is 2.50 bits per heavy atom. The molecule has 0 aromatic carbocycles. The van der Waals surface area contributed by atoms with E-state index >= 15 is 0 Å². The summed E-state index contributed by atoms with van der Waals surface area (Å²) in [6.45, 7) is 4.46. The fourth-order valence-corrected chi connectivity index (χ4v) is 2.11. The Hall–Kier alpha value is -0.860. The third-order valence-corrected chi connectivity index (χ3v) is 2.96. The zero-order valence-electron chi connectivity index (χ0n) is 8.48. The Bertz CT molecular complexity index is 275. The molecule has 0 saturated heterocycles. The molecule has 1 atom stereocenters. The quantitative estimate of drug-likeness (QED) is 0.649. The second kappa shape index (κ2) is 6.57. The molecular formula is C12H16OS. The molecule has 1 aromatic rings. The number of ether oxygens (including phenoxy) is 1. The van der Waals surface area contributed by atoms with Crippen molar-refractivity contribution in [2.24, 2.45) is 0 Å². The van der Waals surface area contributed by atoms with Crippen LogP contribution in [0.1, 0.15) is 17.2 Å². The van der Waals surface area contributed by atoms with Crippen molar-refractivity contribution < 1.29 is 4.74 Å². The number of methoxy groups -OCH3 is 1. The molecule has 1 aromatic heterocycles. The van der Waals surface area contributed by atoms with Crippen molar-refractivity contribution in [1.29, 1.82) is 0 Å². The van der Waals surface area contributed by atoms with E-state index in [-0.39, 0.29) is 0 Å². The third kappa shape index (κ3) is 3.48. The van der Waals surface area contributed by atoms with Crippen molar-refractivity contribution in [3.63, 3.8) is 0 Å². The van der Waals surface area contributed by atoms with Gasteiger partial charge in [0.25, 0.3) is 0 Å². The highest BCUT2D eigenvalue weighted by molar-refractivity contribution is 7.10. The van der Waals surface area contributed by atoms with Gasteiger partial charge in [0.1, 0.15) is 0 Å². The summed E-state index contributed by atoms with van der Waals surface area (Å²) in [5.41, 5.74) is 0. The minimum Gasteiger partial charge on any atom is -0.381 e. The number of hydrogen-bond acceptors (Lipinski definition) is 2. The molecule has 1 rings (SSSR count). The number of rotatable bonds is 6. The van der Waals surface area contributed by atoms with Gasteiger partial charge in [-0.1, -0.05) is 24.3 Å². The van der Waals surface area contributed by atoms with E-state index in [1.807, 2.05) is 6.08 Å². The fourth-order valence-electron chi connectivity index (χ4n) is 1.29. The predicted molar refractivity (Wildman–Crippen MR) is 62.9 cm³/mol. The summed E-state index contributed by atoms with van der Waals surface area (Å²) in [5, 5.41) is 2.11. The van der Waals surface area contributed by atoms with E-state index in [1.165, 1.54) is 4.88 Å². The second-order valence-corrected chi connectivity index (χ2v) is 4.01. The van der Waals surface area contributed by atoms with Gasteiger partial charge in [-0.2, -0.15) is 0 Å². The van der Waals surface area contributed by atoms with Crippen molar-refractivity contribution in [2.45, 2.75) is 12.3 Å². The van der Waals surface area contributed by atoms with E-state index in [2.05, 4.69) is 36.2 Å². The van der Waals surface area contributed by atoms with Crippen LogP contribution in [-0.4, -0.2) is 13.7 Å². The first kappa shape index (κ1) is 11.2. The Morgan fingerprint density at radius 1 is 1.64 bits per heavy atom. The maximum atomic E-state index is 4.98. The summed E-state index contributed by atoms with van der Waals surface area (Å²) in [6, 6.07) is 4.25. The van der Waals surface area contributed by atoms with Gasteiger partial charge in [0.05, 0.1) is 6.61 Å². The first-order valence-corrected chi connectivity index (χ1v) is 5.56. The molecule has 0 amide bonds. The van der Waals surface area contributed by atoms with E-state index in [0.29, 0.717) is 12.5 Å². The molecule has 76 valence electrons. The van der Waals surface area contributed by atoms with Gasteiger partial charge in [-0.3, -0.25) is 0 Å². The summed E-state index contributed by atoms with van der Waals surface area (Å²) in [6.07, 6.45) is 7.20. The predicted octanol–water partition coefficient (Wildman–Crippen LogP) is 3.61. The molecule has 1 heterocycles. The summed E-state index contributed by atoms with van der Waals surface area (Å²) in [4.78, 5) is 1.39. The Balaban J connectivity index is 2.60. The van der Waals surface area contributed by atoms with Crippen molar-refractivity contribution in [2.75, 3.05) is 13.7 Å². The summed E-state index contributed by atoms with van der Waals surface area (Å²) in [7, 11) is 1.71. The molecule has 1 nitrogen and oxygen atoms in total. The lowest BCUT2D eigenvalue weighted by molar-refractivity contribution is 0.233. The van der Waals surface area contributed by atoms with Crippen molar-refractivity contribution >= 4 is 11.3 Å². The number of hydrogen-bond donors (Lipinski definition) is 0. The zero-order valence-corrected chi connectivity index (χ0v) is 9.30. The monoisotopic (exact) mass is 208 g/mol. The maximum Gasteiger partial charge on any atom is 0.0643 e. The van der Waals surface area contributed by atoms with E-state index in [4.69, 9.17) is 4.74 Å². The second-order valence-electron chi connectivity index (χ2n) is 3.03. The van der Waals surface area contributed by atoms with Crippen LogP contribution in [0.25, 0.3) is 0 Å². The van der Waals surface area contributed by atoms with Crippen molar-refractivity contribution in [1.82, 2.24) is 0 Å². The Labute approximate surface area is 89.7 Å². The molecule has 0 aliphatic rings. The van der Waals surface area contributed by atoms with Gasteiger partial charge in [0, 0.05) is 17.9 Å². The van der Waals surface area contributed by atoms with Crippen molar-refractivity contribution in [3.05, 3.63) is 47.2 Å². The van der Waals surface area contributed by atoms with Crippen LogP contribution in [0.2, 0.25) is 0 Å². The molecule has 0 fully saturated rings. The van der Waals surface area contributed by atoms with Gasteiger partial charge in [-0.15, -0.1) is 17.9 Å². The Kier molecular flexibility index (Phi) is 5.27. The molecule has 0 saturated carbocycles. The highest BCUT2D eigenvalue weighted by Crippen LogP contribution is 2.25. The average molecular weight is 208 g/mol. The molecule has 14 heavy (non-hydrogen) atoms. The molecule has 0 aliphatic carbocycles. The molecule has 0 bridgehead atoms. The molecule has 0 N–H and O–H groups in total. The Morgan fingerprint density at radius 3 is 3.07 bits per heavy atom. The lowest BCUT2D eigenvalue weighted by atomic mass is 10.0. The fraction of sp³-hybridized carbons (Fsp3) is 0.333. The number of allylic oxidation sites excluding steroid dienone is 2. The lowest BCUT2D eigenvalue weighted by Gasteiger charge is -2.06. The van der Waals surface area contributed by atoms with Gasteiger partial charge in [0.15, 0.2) is 0 Å². The SMILES string of the molecule is C=CC[C@H](/C=C/COC)c1cccs1. The zero-order chi connectivity index (χ0) is 10.2. The first-order valence-electron chi connectivity index (χ1n) is 4.68. The van der Waals surface area contributed by atoms with Gasteiger partial charge in [0.2, 0.25) is 0 Å². The van der Waals surface area contributed by atoms with E-state index in [0.717, 1.165) is 6.42 Å². The van der Waals surface area contributed by atoms with Crippen molar-refractivity contribution in [3.8, 4) is 0 Å². The molecule has 0 aliphatic heterocycles. The smallest absolute Gasteiger partial charge is 0.0643 e. The molecule has 0 spiro atoms. The third-order valence-electron chi connectivity index (χ3n) is 1.96. The van der Waals surface area contributed by atoms with Gasteiger partial charge in [-0.25, -0.2) is 0 Å². The maximum absolute atomic E-state index is 4.98. The standard InChI is InChI=1S/C12H16OS/c1-3-6-11(7-4-9-13-2)12-8-5-10-14-12/h3-5,7-8,10-11H,1,6,9H2,2H3/b7-4+/t11-/m1/s1. The van der Waals surface area contributed by atoms with E-state index in [1.54, 1.807) is 18.4 Å². The van der Waals surface area contributed by atoms with E-state index in [9.17, 15) is 0 Å². The normalized spacial score (nSPS) is 13.2. The van der Waals surface area contributed by atoms with Gasteiger partial charge >= 0.3 is 0 Å². The highest BCUT2D eigenvalue weighted by Gasteiger charge is 2.05. The van der Waals surface area contributed by atoms with Gasteiger partial charge in [-0.05, 0) is 17.9 Å². The van der Waals surface area contributed by atoms with Crippen LogP contribution < -0.4 is 0 Å². The van der Waals surface area contributed by atoms with Crippen LogP contribution in [0.4, 0.5) is 0 Å². The highest BCUT2D eigenvalue weighted by atomic mass is 32.1. The summed E-state index contributed by atoms with van der Waals surface area (Å²) < 4.78 is 4.98. The minimum atomic E-state index is 0.461. The number of thiophene rings is 1. The van der Waals surface area contributed by atoms with Crippen LogP contribution in [0.5, 0.6) is 0 Å². The molecule has 0 radical (unpaired) electrons. The summed E-state index contributed by atoms with van der Waals surface area (Å²) in [5.74, 6) is 0.461. The van der Waals surface area contributed by atoms with Crippen LogP contribution in [0.15, 0.2) is 42.3 Å². The molecule has 2 heteroatoms. The van der Waals surface area contributed by atoms with E-state index < -0.39 is 0 Å². The average Bonchev–Trinajstić information content (AvgIpc) is 2.70. The van der Waals surface area contributed by atoms with Crippen LogP contribution >= 0.6 is 11.3 Å². The summed E-state index contributed by atoms with van der Waals surface area (Å²) >= 11 is 1.79. The largest absolute Gasteiger partial charge is 0.381 e. The van der Waals surface area contributed by atoms with Crippen LogP contribution in [-0.2, 0) is 4.74 Å². The van der Waals surface area contributed by atoms with Crippen LogP contribution in [0, 0.1) is 0 Å².